The average Bonchev–Trinajstić information content (AvgIpc) is 2.18. The van der Waals surface area contributed by atoms with E-state index in [1.807, 2.05) is 31.3 Å². The van der Waals surface area contributed by atoms with Gasteiger partial charge >= 0.3 is 5.97 Å². The molecule has 1 rings (SSSR count). The molecule has 0 aromatic heterocycles. The Morgan fingerprint density at radius 3 is 2.47 bits per heavy atom. The molecule has 0 heterocycles. The molecule has 0 aliphatic rings. The van der Waals surface area contributed by atoms with Gasteiger partial charge in [-0.3, -0.25) is 4.79 Å². The summed E-state index contributed by atoms with van der Waals surface area (Å²) in [5, 5.41) is 3.13. The van der Waals surface area contributed by atoms with E-state index in [0.29, 0.717) is 11.7 Å². The molecule has 0 aliphatic heterocycles. The third-order valence-corrected chi connectivity index (χ3v) is 2.22. The second-order valence-electron chi connectivity index (χ2n) is 3.62. The molecule has 0 saturated heterocycles. The highest BCUT2D eigenvalue weighted by molar-refractivity contribution is 5.69. The van der Waals surface area contributed by atoms with Gasteiger partial charge in [0, 0.05) is 13.5 Å². The fourth-order valence-electron chi connectivity index (χ4n) is 1.45. The lowest BCUT2D eigenvalue weighted by Crippen LogP contribution is -2.14. The molecule has 82 valence electrons. The molecule has 1 aromatic carbocycles. The Balaban J connectivity index is 2.67. The van der Waals surface area contributed by atoms with Gasteiger partial charge in [0.1, 0.15) is 5.75 Å². The molecule has 0 spiro atoms. The third-order valence-electron chi connectivity index (χ3n) is 2.22. The Morgan fingerprint density at radius 1 is 1.40 bits per heavy atom. The summed E-state index contributed by atoms with van der Waals surface area (Å²) >= 11 is 0. The summed E-state index contributed by atoms with van der Waals surface area (Å²) in [6.45, 7) is 4.49. The smallest absolute Gasteiger partial charge is 0.308 e. The lowest BCUT2D eigenvalue weighted by molar-refractivity contribution is -0.131. The summed E-state index contributed by atoms with van der Waals surface area (Å²) in [5.74, 6) is 0.773. The van der Waals surface area contributed by atoms with Crippen molar-refractivity contribution in [1.29, 1.82) is 0 Å². The van der Waals surface area contributed by atoms with Gasteiger partial charge in [0.2, 0.25) is 0 Å². The largest absolute Gasteiger partial charge is 0.427 e. The minimum Gasteiger partial charge on any atom is -0.427 e. The standard InChI is InChI=1S/C12H17NO2/c1-9(8-13-3)11-4-6-12(7-5-11)15-10(2)14/h4-7,9,13H,8H2,1-3H3. The maximum Gasteiger partial charge on any atom is 0.308 e. The molecule has 1 N–H and O–H groups in total. The molecule has 15 heavy (non-hydrogen) atoms. The topological polar surface area (TPSA) is 38.3 Å². The van der Waals surface area contributed by atoms with Gasteiger partial charge in [0.05, 0.1) is 0 Å². The molecule has 1 atom stereocenters. The minimum atomic E-state index is -0.286. The predicted octanol–water partition coefficient (Wildman–Crippen LogP) is 1.93. The Hall–Kier alpha value is -1.35. The van der Waals surface area contributed by atoms with Gasteiger partial charge in [0.25, 0.3) is 0 Å². The number of carbonyl (C=O) groups excluding carboxylic acids is 1. The number of carbonyl (C=O) groups is 1. The van der Waals surface area contributed by atoms with Crippen LogP contribution in [0.1, 0.15) is 25.3 Å². The van der Waals surface area contributed by atoms with E-state index in [4.69, 9.17) is 4.74 Å². The molecule has 3 nitrogen and oxygen atoms in total. The summed E-state index contributed by atoms with van der Waals surface area (Å²) in [6.07, 6.45) is 0. The molecule has 1 aromatic rings. The number of hydrogen-bond donors (Lipinski definition) is 1. The van der Waals surface area contributed by atoms with Crippen molar-refractivity contribution in [1.82, 2.24) is 5.32 Å². The molecular weight excluding hydrogens is 190 g/mol. The van der Waals surface area contributed by atoms with Crippen LogP contribution in [0.2, 0.25) is 0 Å². The van der Waals surface area contributed by atoms with Crippen LogP contribution in [0, 0.1) is 0 Å². The van der Waals surface area contributed by atoms with E-state index in [1.165, 1.54) is 12.5 Å². The minimum absolute atomic E-state index is 0.286. The first kappa shape index (κ1) is 11.7. The molecule has 1 unspecified atom stereocenters. The van der Waals surface area contributed by atoms with Crippen molar-refractivity contribution < 1.29 is 9.53 Å². The van der Waals surface area contributed by atoms with E-state index in [9.17, 15) is 4.79 Å². The lowest BCUT2D eigenvalue weighted by atomic mass is 10.0. The summed E-state index contributed by atoms with van der Waals surface area (Å²) in [4.78, 5) is 10.7. The summed E-state index contributed by atoms with van der Waals surface area (Å²) in [5.41, 5.74) is 1.24. The van der Waals surface area contributed by atoms with Crippen LogP contribution in [0.15, 0.2) is 24.3 Å². The van der Waals surface area contributed by atoms with Crippen LogP contribution in [-0.4, -0.2) is 19.6 Å². The molecule has 0 amide bonds. The number of nitrogens with one attached hydrogen (secondary N) is 1. The zero-order valence-electron chi connectivity index (χ0n) is 9.41. The number of rotatable bonds is 4. The monoisotopic (exact) mass is 207 g/mol. The van der Waals surface area contributed by atoms with Crippen molar-refractivity contribution in [2.75, 3.05) is 13.6 Å². The van der Waals surface area contributed by atoms with Gasteiger partial charge in [0.15, 0.2) is 0 Å². The van der Waals surface area contributed by atoms with Crippen molar-refractivity contribution in [2.45, 2.75) is 19.8 Å². The van der Waals surface area contributed by atoms with E-state index in [2.05, 4.69) is 12.2 Å². The second kappa shape index (κ2) is 5.51. The highest BCUT2D eigenvalue weighted by Gasteiger charge is 2.04. The zero-order valence-corrected chi connectivity index (χ0v) is 9.41. The predicted molar refractivity (Wildman–Crippen MR) is 60.1 cm³/mol. The second-order valence-corrected chi connectivity index (χ2v) is 3.62. The highest BCUT2D eigenvalue weighted by atomic mass is 16.5. The fourth-order valence-corrected chi connectivity index (χ4v) is 1.45. The van der Waals surface area contributed by atoms with E-state index in [-0.39, 0.29) is 5.97 Å². The molecule has 0 aliphatic carbocycles. The van der Waals surface area contributed by atoms with Crippen molar-refractivity contribution in [2.24, 2.45) is 0 Å². The van der Waals surface area contributed by atoms with Crippen LogP contribution < -0.4 is 10.1 Å². The SMILES string of the molecule is CNCC(C)c1ccc(OC(C)=O)cc1. The first-order valence-electron chi connectivity index (χ1n) is 5.06. The molecule has 0 saturated carbocycles. The van der Waals surface area contributed by atoms with Gasteiger partial charge in [-0.1, -0.05) is 19.1 Å². The maximum absolute atomic E-state index is 10.7. The van der Waals surface area contributed by atoms with E-state index >= 15 is 0 Å². The van der Waals surface area contributed by atoms with Crippen molar-refractivity contribution >= 4 is 5.97 Å². The van der Waals surface area contributed by atoms with Crippen LogP contribution in [0.3, 0.4) is 0 Å². The average molecular weight is 207 g/mol. The number of hydrogen-bond acceptors (Lipinski definition) is 3. The van der Waals surface area contributed by atoms with E-state index in [1.54, 1.807) is 0 Å². The Labute approximate surface area is 90.4 Å². The van der Waals surface area contributed by atoms with Crippen LogP contribution in [0.5, 0.6) is 5.75 Å². The van der Waals surface area contributed by atoms with Gasteiger partial charge < -0.3 is 10.1 Å². The Bertz CT molecular complexity index is 319. The Morgan fingerprint density at radius 2 is 2.00 bits per heavy atom. The van der Waals surface area contributed by atoms with Crippen molar-refractivity contribution in [3.63, 3.8) is 0 Å². The summed E-state index contributed by atoms with van der Waals surface area (Å²) in [6, 6.07) is 7.62. The van der Waals surface area contributed by atoms with Gasteiger partial charge in [-0.25, -0.2) is 0 Å². The van der Waals surface area contributed by atoms with Crippen LogP contribution in [-0.2, 0) is 4.79 Å². The molecule has 0 bridgehead atoms. The van der Waals surface area contributed by atoms with E-state index < -0.39 is 0 Å². The first-order chi connectivity index (χ1) is 7.13. The van der Waals surface area contributed by atoms with Crippen LogP contribution in [0.25, 0.3) is 0 Å². The van der Waals surface area contributed by atoms with Gasteiger partial charge in [-0.05, 0) is 30.7 Å². The lowest BCUT2D eigenvalue weighted by Gasteiger charge is -2.11. The molecular formula is C12H17NO2. The number of esters is 1. The normalized spacial score (nSPS) is 12.2. The van der Waals surface area contributed by atoms with Crippen molar-refractivity contribution in [3.8, 4) is 5.75 Å². The highest BCUT2D eigenvalue weighted by Crippen LogP contribution is 2.18. The van der Waals surface area contributed by atoms with E-state index in [0.717, 1.165) is 6.54 Å². The molecule has 0 radical (unpaired) electrons. The van der Waals surface area contributed by atoms with Crippen molar-refractivity contribution in [3.05, 3.63) is 29.8 Å². The first-order valence-corrected chi connectivity index (χ1v) is 5.06. The fraction of sp³-hybridized carbons (Fsp3) is 0.417. The Kier molecular flexibility index (Phi) is 4.31. The number of benzene rings is 1. The summed E-state index contributed by atoms with van der Waals surface area (Å²) in [7, 11) is 1.93. The maximum atomic E-state index is 10.7. The van der Waals surface area contributed by atoms with Gasteiger partial charge in [-0.2, -0.15) is 0 Å². The van der Waals surface area contributed by atoms with Gasteiger partial charge in [-0.15, -0.1) is 0 Å². The third kappa shape index (κ3) is 3.72. The van der Waals surface area contributed by atoms with Crippen LogP contribution >= 0.6 is 0 Å². The van der Waals surface area contributed by atoms with Crippen LogP contribution in [0.4, 0.5) is 0 Å². The quantitative estimate of drug-likeness (QED) is 0.605. The zero-order chi connectivity index (χ0) is 11.3. The molecule has 3 heteroatoms. The number of ether oxygens (including phenoxy) is 1. The number of likely N-dealkylation sites (N-methyl/N-ethyl adjacent to an activating group) is 1. The molecule has 0 fully saturated rings. The summed E-state index contributed by atoms with van der Waals surface area (Å²) < 4.78 is 4.95.